The molecule has 1 unspecified atom stereocenters. The maximum atomic E-state index is 10.8. The van der Waals surface area contributed by atoms with Gasteiger partial charge in [-0.05, 0) is 18.7 Å². The maximum absolute atomic E-state index is 10.8. The third-order valence-electron chi connectivity index (χ3n) is 2.21. The van der Waals surface area contributed by atoms with E-state index in [0.29, 0.717) is 0 Å². The number of hydrogen-bond acceptors (Lipinski definition) is 4. The Morgan fingerprint density at radius 3 is 2.92 bits per heavy atom. The molecule has 1 heterocycles. The largest absolute Gasteiger partial charge is 0.480 e. The van der Waals surface area contributed by atoms with Gasteiger partial charge in [0.05, 0.1) is 0 Å². The molecule has 0 bridgehead atoms. The molecule has 0 aromatic carbocycles. The van der Waals surface area contributed by atoms with Crippen molar-refractivity contribution < 1.29 is 9.90 Å². The monoisotopic (exact) mass is 204 g/mol. The second-order valence-corrected chi connectivity index (χ2v) is 4.32. The number of carbonyl (C=O) groups is 1. The summed E-state index contributed by atoms with van der Waals surface area (Å²) in [7, 11) is 0. The first kappa shape index (κ1) is 10.8. The van der Waals surface area contributed by atoms with E-state index in [0.717, 1.165) is 31.0 Å². The molecule has 4 nitrogen and oxygen atoms in total. The Morgan fingerprint density at radius 1 is 1.54 bits per heavy atom. The summed E-state index contributed by atoms with van der Waals surface area (Å²) in [4.78, 5) is 12.8. The van der Waals surface area contributed by atoms with Crippen LogP contribution in [-0.4, -0.2) is 53.2 Å². The summed E-state index contributed by atoms with van der Waals surface area (Å²) in [5, 5.41) is 8.89. The van der Waals surface area contributed by atoms with Gasteiger partial charge < -0.3 is 10.8 Å². The summed E-state index contributed by atoms with van der Waals surface area (Å²) in [6.45, 7) is 1.92. The summed E-state index contributed by atoms with van der Waals surface area (Å²) in [5.74, 6) is 1.35. The minimum Gasteiger partial charge on any atom is -0.480 e. The van der Waals surface area contributed by atoms with Crippen LogP contribution in [-0.2, 0) is 4.79 Å². The molecule has 1 fully saturated rings. The lowest BCUT2D eigenvalue weighted by atomic mass is 10.2. The third-order valence-corrected chi connectivity index (χ3v) is 3.25. The van der Waals surface area contributed by atoms with Crippen LogP contribution in [0.4, 0.5) is 0 Å². The normalized spacial score (nSPS) is 22.2. The Morgan fingerprint density at radius 2 is 2.31 bits per heavy atom. The van der Waals surface area contributed by atoms with E-state index < -0.39 is 12.0 Å². The first-order valence-electron chi connectivity index (χ1n) is 4.50. The molecular formula is C8H16N2O2S. The minimum atomic E-state index is -0.797. The van der Waals surface area contributed by atoms with Crippen LogP contribution < -0.4 is 5.73 Å². The summed E-state index contributed by atoms with van der Waals surface area (Å²) >= 11 is 1.88. The first-order chi connectivity index (χ1) is 6.25. The van der Waals surface area contributed by atoms with Gasteiger partial charge >= 0.3 is 5.97 Å². The van der Waals surface area contributed by atoms with E-state index >= 15 is 0 Å². The molecule has 13 heavy (non-hydrogen) atoms. The van der Waals surface area contributed by atoms with Crippen LogP contribution in [0.25, 0.3) is 0 Å². The van der Waals surface area contributed by atoms with Crippen molar-refractivity contribution in [1.29, 1.82) is 0 Å². The predicted molar refractivity (Wildman–Crippen MR) is 54.0 cm³/mol. The fourth-order valence-corrected chi connectivity index (χ4v) is 2.38. The molecule has 0 radical (unpaired) electrons. The molecule has 76 valence electrons. The number of hydrogen-bond donors (Lipinski definition) is 2. The zero-order valence-electron chi connectivity index (χ0n) is 7.61. The Bertz CT molecular complexity index is 170. The van der Waals surface area contributed by atoms with Gasteiger partial charge in [-0.15, -0.1) is 0 Å². The van der Waals surface area contributed by atoms with Crippen molar-refractivity contribution in [3.8, 4) is 0 Å². The van der Waals surface area contributed by atoms with Crippen molar-refractivity contribution in [3.05, 3.63) is 0 Å². The van der Waals surface area contributed by atoms with Crippen molar-refractivity contribution in [2.75, 3.05) is 31.1 Å². The first-order valence-corrected chi connectivity index (χ1v) is 5.66. The molecule has 1 aliphatic rings. The summed E-state index contributed by atoms with van der Waals surface area (Å²) in [6, 6.07) is -0.487. The second kappa shape index (κ2) is 5.47. The lowest BCUT2D eigenvalue weighted by molar-refractivity contribution is -0.142. The molecule has 1 atom stereocenters. The molecule has 0 aromatic rings. The van der Waals surface area contributed by atoms with E-state index in [4.69, 9.17) is 10.8 Å². The lowest BCUT2D eigenvalue weighted by Crippen LogP contribution is -2.47. The molecule has 5 heteroatoms. The smallest absolute Gasteiger partial charge is 0.322 e. The number of aliphatic carboxylic acids is 1. The fourth-order valence-electron chi connectivity index (χ4n) is 1.48. The molecule has 0 aromatic heterocycles. The molecule has 1 rings (SSSR count). The van der Waals surface area contributed by atoms with Gasteiger partial charge in [0.25, 0.3) is 0 Å². The van der Waals surface area contributed by atoms with E-state index in [-0.39, 0.29) is 6.54 Å². The van der Waals surface area contributed by atoms with E-state index in [9.17, 15) is 4.79 Å². The second-order valence-electron chi connectivity index (χ2n) is 3.09. The average molecular weight is 204 g/mol. The van der Waals surface area contributed by atoms with Gasteiger partial charge in [-0.1, -0.05) is 0 Å². The molecule has 0 saturated carbocycles. The van der Waals surface area contributed by atoms with Crippen molar-refractivity contribution in [2.24, 2.45) is 5.73 Å². The highest BCUT2D eigenvalue weighted by Gasteiger charge is 2.24. The highest BCUT2D eigenvalue weighted by Crippen LogP contribution is 2.12. The Kier molecular flexibility index (Phi) is 4.55. The quantitative estimate of drug-likeness (QED) is 0.668. The van der Waals surface area contributed by atoms with Crippen LogP contribution in [0.1, 0.15) is 6.42 Å². The van der Waals surface area contributed by atoms with Crippen molar-refractivity contribution in [3.63, 3.8) is 0 Å². The summed E-state index contributed by atoms with van der Waals surface area (Å²) in [6.07, 6.45) is 1.06. The molecule has 1 aliphatic heterocycles. The molecule has 3 N–H and O–H groups in total. The van der Waals surface area contributed by atoms with Gasteiger partial charge in [-0.2, -0.15) is 11.8 Å². The number of rotatable bonds is 3. The van der Waals surface area contributed by atoms with Gasteiger partial charge in [0.2, 0.25) is 0 Å². The number of carboxylic acid groups (broad SMARTS) is 1. The highest BCUT2D eigenvalue weighted by atomic mass is 32.2. The minimum absolute atomic E-state index is 0.208. The van der Waals surface area contributed by atoms with Gasteiger partial charge in [0.15, 0.2) is 0 Å². The van der Waals surface area contributed by atoms with Gasteiger partial charge in [-0.3, -0.25) is 9.69 Å². The molecule has 0 aliphatic carbocycles. The Balaban J connectivity index is 2.50. The SMILES string of the molecule is NCC(C(=O)O)N1CCCSCC1. The fraction of sp³-hybridized carbons (Fsp3) is 0.875. The third kappa shape index (κ3) is 3.17. The standard InChI is InChI=1S/C8H16N2O2S/c9-6-7(8(11)12)10-2-1-4-13-5-3-10/h7H,1-6,9H2,(H,11,12). The van der Waals surface area contributed by atoms with Crippen LogP contribution in [0, 0.1) is 0 Å². The molecule has 0 spiro atoms. The maximum Gasteiger partial charge on any atom is 0.322 e. The highest BCUT2D eigenvalue weighted by molar-refractivity contribution is 7.99. The van der Waals surface area contributed by atoms with E-state index in [1.807, 2.05) is 16.7 Å². The van der Waals surface area contributed by atoms with Crippen LogP contribution >= 0.6 is 11.8 Å². The van der Waals surface area contributed by atoms with Gasteiger partial charge in [0, 0.05) is 18.8 Å². The number of carboxylic acids is 1. The van der Waals surface area contributed by atoms with Crippen LogP contribution in [0.5, 0.6) is 0 Å². The summed E-state index contributed by atoms with van der Waals surface area (Å²) in [5.41, 5.74) is 5.43. The number of nitrogens with two attached hydrogens (primary N) is 1. The van der Waals surface area contributed by atoms with Crippen molar-refractivity contribution in [2.45, 2.75) is 12.5 Å². The number of nitrogens with zero attached hydrogens (tertiary/aromatic N) is 1. The number of thioether (sulfide) groups is 1. The molecule has 0 amide bonds. The van der Waals surface area contributed by atoms with Gasteiger partial charge in [0.1, 0.15) is 6.04 Å². The topological polar surface area (TPSA) is 66.6 Å². The van der Waals surface area contributed by atoms with E-state index in [2.05, 4.69) is 0 Å². The molecule has 1 saturated heterocycles. The predicted octanol–water partition coefficient (Wildman–Crippen LogP) is -0.163. The van der Waals surface area contributed by atoms with Crippen LogP contribution in [0.3, 0.4) is 0 Å². The average Bonchev–Trinajstić information content (AvgIpc) is 2.33. The Hall–Kier alpha value is -0.260. The lowest BCUT2D eigenvalue weighted by Gasteiger charge is -2.25. The van der Waals surface area contributed by atoms with Crippen LogP contribution in [0.15, 0.2) is 0 Å². The van der Waals surface area contributed by atoms with Crippen molar-refractivity contribution in [1.82, 2.24) is 4.90 Å². The van der Waals surface area contributed by atoms with Crippen LogP contribution in [0.2, 0.25) is 0 Å². The molecular weight excluding hydrogens is 188 g/mol. The van der Waals surface area contributed by atoms with Crippen molar-refractivity contribution >= 4 is 17.7 Å². The Labute approximate surface area is 82.5 Å². The zero-order chi connectivity index (χ0) is 9.68. The zero-order valence-corrected chi connectivity index (χ0v) is 8.42. The summed E-state index contributed by atoms with van der Waals surface area (Å²) < 4.78 is 0. The van der Waals surface area contributed by atoms with E-state index in [1.165, 1.54) is 0 Å². The van der Waals surface area contributed by atoms with Gasteiger partial charge in [-0.25, -0.2) is 0 Å². The van der Waals surface area contributed by atoms with E-state index in [1.54, 1.807) is 0 Å².